The second-order valence-electron chi connectivity index (χ2n) is 6.07. The van der Waals surface area contributed by atoms with Crippen molar-refractivity contribution in [1.29, 1.82) is 0 Å². The maximum atomic E-state index is 12.6. The minimum Gasteiger partial charge on any atom is -0.343 e. The molecule has 0 spiro atoms. The van der Waals surface area contributed by atoms with Gasteiger partial charge in [0.25, 0.3) is 0 Å². The summed E-state index contributed by atoms with van der Waals surface area (Å²) in [7, 11) is -2.60. The molecule has 0 aliphatic heterocycles. The van der Waals surface area contributed by atoms with Crippen LogP contribution in [0.1, 0.15) is 17.4 Å². The summed E-state index contributed by atoms with van der Waals surface area (Å²) < 4.78 is 65.0. The maximum absolute atomic E-state index is 12.6. The number of fused-ring (bicyclic) bond motifs is 1. The SMILES string of the molecule is CS(=O)(Cc1ncon1)=NCc1cn2cc(-c3noc(C(F)(F)F)n3)ccc2n1. The van der Waals surface area contributed by atoms with Crippen molar-refractivity contribution in [2.45, 2.75) is 18.5 Å². The molecule has 0 aromatic carbocycles. The van der Waals surface area contributed by atoms with E-state index in [2.05, 4.69) is 38.7 Å². The topological polar surface area (TPSA) is 125 Å². The molecule has 4 aromatic rings. The van der Waals surface area contributed by atoms with E-state index < -0.39 is 21.8 Å². The molecular weight excluding hydrogens is 415 g/mol. The Morgan fingerprint density at radius 1 is 1.21 bits per heavy atom. The lowest BCUT2D eigenvalue weighted by Gasteiger charge is -1.99. The van der Waals surface area contributed by atoms with Gasteiger partial charge in [0.15, 0.2) is 5.82 Å². The second-order valence-corrected chi connectivity index (χ2v) is 8.54. The van der Waals surface area contributed by atoms with Crippen LogP contribution >= 0.6 is 0 Å². The van der Waals surface area contributed by atoms with E-state index >= 15 is 0 Å². The van der Waals surface area contributed by atoms with Gasteiger partial charge in [0.1, 0.15) is 5.65 Å². The van der Waals surface area contributed by atoms with Crippen LogP contribution in [-0.4, -0.2) is 40.1 Å². The zero-order chi connectivity index (χ0) is 20.6. The van der Waals surface area contributed by atoms with Crippen molar-refractivity contribution in [3.05, 3.63) is 48.3 Å². The van der Waals surface area contributed by atoms with Gasteiger partial charge in [0.05, 0.1) is 27.7 Å². The first-order valence-electron chi connectivity index (χ1n) is 7.99. The summed E-state index contributed by atoms with van der Waals surface area (Å²) in [6.45, 7) is 0.0740. The van der Waals surface area contributed by atoms with E-state index in [9.17, 15) is 17.4 Å². The number of halogens is 3. The van der Waals surface area contributed by atoms with Crippen LogP contribution in [-0.2, 0) is 28.2 Å². The van der Waals surface area contributed by atoms with Crippen LogP contribution in [0, 0.1) is 0 Å². The van der Waals surface area contributed by atoms with Gasteiger partial charge in [0, 0.05) is 24.2 Å². The summed E-state index contributed by atoms with van der Waals surface area (Å²) in [5.41, 5.74) is 1.36. The van der Waals surface area contributed by atoms with E-state index in [1.165, 1.54) is 18.5 Å². The summed E-state index contributed by atoms with van der Waals surface area (Å²) in [6, 6.07) is 3.11. The third-order valence-electron chi connectivity index (χ3n) is 3.73. The van der Waals surface area contributed by atoms with Crippen LogP contribution in [0.2, 0.25) is 0 Å². The van der Waals surface area contributed by atoms with Gasteiger partial charge in [-0.15, -0.1) is 0 Å². The Morgan fingerprint density at radius 2 is 2.03 bits per heavy atom. The minimum absolute atomic E-state index is 0.0421. The predicted octanol–water partition coefficient (Wildman–Crippen LogP) is 2.58. The van der Waals surface area contributed by atoms with Crippen molar-refractivity contribution < 1.29 is 26.4 Å². The molecule has 0 bridgehead atoms. The number of hydrogen-bond donors (Lipinski definition) is 0. The second kappa shape index (κ2) is 6.95. The molecule has 4 aromatic heterocycles. The highest BCUT2D eigenvalue weighted by Crippen LogP contribution is 2.29. The Balaban J connectivity index is 1.56. The van der Waals surface area contributed by atoms with Crippen molar-refractivity contribution in [3.63, 3.8) is 0 Å². The number of hydrogen-bond acceptors (Lipinski definition) is 9. The van der Waals surface area contributed by atoms with Crippen LogP contribution in [0.25, 0.3) is 17.0 Å². The fraction of sp³-hybridized carbons (Fsp3) is 0.267. The van der Waals surface area contributed by atoms with Crippen LogP contribution in [0.15, 0.2) is 44.3 Å². The highest BCUT2D eigenvalue weighted by Gasteiger charge is 2.38. The highest BCUT2D eigenvalue weighted by atomic mass is 32.2. The fourth-order valence-electron chi connectivity index (χ4n) is 2.45. The van der Waals surface area contributed by atoms with Gasteiger partial charge < -0.3 is 13.4 Å². The molecule has 4 heterocycles. The van der Waals surface area contributed by atoms with Crippen LogP contribution in [0.3, 0.4) is 0 Å². The lowest BCUT2D eigenvalue weighted by atomic mass is 10.3. The molecule has 0 saturated carbocycles. The van der Waals surface area contributed by atoms with Gasteiger partial charge in [0.2, 0.25) is 12.2 Å². The minimum atomic E-state index is -4.71. The third-order valence-corrected chi connectivity index (χ3v) is 5.20. The van der Waals surface area contributed by atoms with Crippen LogP contribution in [0.4, 0.5) is 13.2 Å². The summed E-state index contributed by atoms with van der Waals surface area (Å²) in [5, 5.41) is 6.97. The third kappa shape index (κ3) is 4.26. The van der Waals surface area contributed by atoms with Crippen molar-refractivity contribution in [2.24, 2.45) is 4.36 Å². The first-order chi connectivity index (χ1) is 13.7. The van der Waals surface area contributed by atoms with Crippen molar-refractivity contribution >= 4 is 15.4 Å². The van der Waals surface area contributed by atoms with Gasteiger partial charge in [-0.1, -0.05) is 10.3 Å². The van der Waals surface area contributed by atoms with Gasteiger partial charge in [-0.2, -0.15) is 23.1 Å². The monoisotopic (exact) mass is 427 g/mol. The van der Waals surface area contributed by atoms with E-state index in [0.717, 1.165) is 6.39 Å². The number of aromatic nitrogens is 6. The number of rotatable bonds is 5. The van der Waals surface area contributed by atoms with Crippen molar-refractivity contribution in [2.75, 3.05) is 6.26 Å². The van der Waals surface area contributed by atoms with E-state index in [4.69, 9.17) is 0 Å². The lowest BCUT2D eigenvalue weighted by Crippen LogP contribution is -2.04. The molecule has 4 rings (SSSR count). The zero-order valence-corrected chi connectivity index (χ0v) is 15.5. The molecule has 1 atom stereocenters. The first kappa shape index (κ1) is 19.0. The van der Waals surface area contributed by atoms with E-state index in [1.807, 2.05) is 0 Å². The standard InChI is InChI=1S/C15H12F3N7O3S/c1-29(26,7-11-19-8-27-23-11)20-4-10-6-25-5-9(2-3-12(25)21-10)13-22-14(28-24-13)15(16,17)18/h2-3,5-6,8H,4,7H2,1H3. The highest BCUT2D eigenvalue weighted by molar-refractivity contribution is 7.92. The largest absolute Gasteiger partial charge is 0.471 e. The zero-order valence-electron chi connectivity index (χ0n) is 14.7. The fourth-order valence-corrected chi connectivity index (χ4v) is 3.56. The summed E-state index contributed by atoms with van der Waals surface area (Å²) >= 11 is 0. The number of nitrogens with zero attached hydrogens (tertiary/aromatic N) is 7. The molecule has 14 heteroatoms. The number of pyridine rings is 1. The first-order valence-corrected chi connectivity index (χ1v) is 10.1. The van der Waals surface area contributed by atoms with E-state index in [1.54, 1.807) is 16.7 Å². The molecule has 29 heavy (non-hydrogen) atoms. The smallest absolute Gasteiger partial charge is 0.343 e. The lowest BCUT2D eigenvalue weighted by molar-refractivity contribution is -0.159. The van der Waals surface area contributed by atoms with E-state index in [-0.39, 0.29) is 18.1 Å². The maximum Gasteiger partial charge on any atom is 0.471 e. The molecule has 0 aliphatic rings. The normalized spacial score (nSPS) is 14.2. The average Bonchev–Trinajstić information content (AvgIpc) is 3.38. The molecule has 0 aliphatic carbocycles. The molecule has 0 radical (unpaired) electrons. The molecule has 0 saturated heterocycles. The van der Waals surface area contributed by atoms with Crippen molar-refractivity contribution in [1.82, 2.24) is 29.7 Å². The average molecular weight is 427 g/mol. The summed E-state index contributed by atoms with van der Waals surface area (Å²) in [5.74, 6) is -1.28. The Bertz CT molecular complexity index is 1270. The Morgan fingerprint density at radius 3 is 2.72 bits per heavy atom. The van der Waals surface area contributed by atoms with Gasteiger partial charge in [-0.05, 0) is 12.1 Å². The molecular formula is C15H12F3N7O3S. The van der Waals surface area contributed by atoms with Crippen LogP contribution in [0.5, 0.6) is 0 Å². The molecule has 0 N–H and O–H groups in total. The van der Waals surface area contributed by atoms with E-state index in [0.29, 0.717) is 22.7 Å². The quantitative estimate of drug-likeness (QED) is 0.476. The Kier molecular flexibility index (Phi) is 4.56. The Labute approximate surface area is 160 Å². The molecule has 0 fully saturated rings. The number of imidazole rings is 1. The summed E-state index contributed by atoms with van der Waals surface area (Å²) in [6.07, 6.45) is 1.04. The van der Waals surface area contributed by atoms with Crippen LogP contribution < -0.4 is 0 Å². The van der Waals surface area contributed by atoms with Gasteiger partial charge in [-0.25, -0.2) is 13.6 Å². The Hall–Kier alpha value is -3.29. The molecule has 10 nitrogen and oxygen atoms in total. The predicted molar refractivity (Wildman–Crippen MR) is 91.7 cm³/mol. The van der Waals surface area contributed by atoms with Crippen molar-refractivity contribution in [3.8, 4) is 11.4 Å². The molecule has 0 amide bonds. The molecule has 1 unspecified atom stereocenters. The van der Waals surface area contributed by atoms with Gasteiger partial charge in [-0.3, -0.25) is 0 Å². The summed E-state index contributed by atoms with van der Waals surface area (Å²) in [4.78, 5) is 11.5. The molecule has 152 valence electrons. The number of alkyl halides is 3. The van der Waals surface area contributed by atoms with Gasteiger partial charge >= 0.3 is 12.1 Å².